The molecule has 2 heterocycles. The van der Waals surface area contributed by atoms with Gasteiger partial charge in [-0.15, -0.1) is 0 Å². The topological polar surface area (TPSA) is 100 Å². The third kappa shape index (κ3) is 3.23. The van der Waals surface area contributed by atoms with Gasteiger partial charge in [0, 0.05) is 18.9 Å². The molecule has 0 spiro atoms. The number of aromatic nitrogens is 3. The molecule has 20 heavy (non-hydrogen) atoms. The number of nitrogens with zero attached hydrogens (tertiary/aromatic N) is 4. The van der Waals surface area contributed by atoms with Gasteiger partial charge in [0.15, 0.2) is 5.82 Å². The zero-order valence-corrected chi connectivity index (χ0v) is 10.9. The first kappa shape index (κ1) is 13.8. The second-order valence-corrected chi connectivity index (χ2v) is 3.88. The first-order valence-corrected chi connectivity index (χ1v) is 5.71. The summed E-state index contributed by atoms with van der Waals surface area (Å²) in [6.45, 7) is 2.00. The van der Waals surface area contributed by atoms with Gasteiger partial charge >= 0.3 is 5.82 Å². The fraction of sp³-hybridized carbons (Fsp3) is 0.250. The van der Waals surface area contributed by atoms with Gasteiger partial charge in [-0.1, -0.05) is 0 Å². The van der Waals surface area contributed by atoms with Crippen molar-refractivity contribution in [1.82, 2.24) is 15.0 Å². The van der Waals surface area contributed by atoms with Gasteiger partial charge in [-0.05, 0) is 29.0 Å². The number of hydrogen-bond donors (Lipinski definition) is 0. The highest BCUT2D eigenvalue weighted by molar-refractivity contribution is 5.41. The van der Waals surface area contributed by atoms with Gasteiger partial charge in [-0.2, -0.15) is 4.98 Å². The molecule has 2 aromatic rings. The molecular weight excluding hydrogens is 264 g/mol. The molecule has 0 aromatic carbocycles. The van der Waals surface area contributed by atoms with E-state index in [0.717, 1.165) is 0 Å². The Hall–Kier alpha value is -2.61. The van der Waals surface area contributed by atoms with Gasteiger partial charge in [0.1, 0.15) is 12.8 Å². The van der Waals surface area contributed by atoms with E-state index in [2.05, 4.69) is 15.0 Å². The van der Waals surface area contributed by atoms with E-state index in [1.807, 2.05) is 0 Å². The van der Waals surface area contributed by atoms with E-state index >= 15 is 0 Å². The van der Waals surface area contributed by atoms with Crippen LogP contribution in [0.25, 0.3) is 0 Å². The Balaban J connectivity index is 2.32. The average Bonchev–Trinajstić information content (AvgIpc) is 2.38. The van der Waals surface area contributed by atoms with Crippen molar-refractivity contribution in [3.05, 3.63) is 46.0 Å². The lowest BCUT2D eigenvalue weighted by molar-refractivity contribution is -0.390. The van der Waals surface area contributed by atoms with Crippen molar-refractivity contribution in [1.29, 1.82) is 0 Å². The molecule has 2 rings (SSSR count). The molecule has 0 saturated carbocycles. The normalized spacial score (nSPS) is 10.3. The third-order valence-corrected chi connectivity index (χ3v) is 2.29. The smallest absolute Gasteiger partial charge is 0.406 e. The molecule has 0 radical (unpaired) electrons. The molecule has 104 valence electrons. The fourth-order valence-electron chi connectivity index (χ4n) is 1.56. The minimum absolute atomic E-state index is 0.0268. The minimum Gasteiger partial charge on any atom is -0.430 e. The first-order chi connectivity index (χ1) is 9.60. The van der Waals surface area contributed by atoms with E-state index < -0.39 is 4.92 Å². The predicted octanol–water partition coefficient (Wildman–Crippen LogP) is 2.03. The lowest BCUT2D eigenvalue weighted by Gasteiger charge is -2.07. The summed E-state index contributed by atoms with van der Waals surface area (Å²) >= 11 is 0. The Labute approximate surface area is 114 Å². The van der Waals surface area contributed by atoms with Crippen molar-refractivity contribution in [2.24, 2.45) is 0 Å². The molecule has 0 aliphatic carbocycles. The Bertz CT molecular complexity index is 633. The molecule has 0 bridgehead atoms. The highest BCUT2D eigenvalue weighted by atomic mass is 16.6. The van der Waals surface area contributed by atoms with Crippen molar-refractivity contribution in [2.75, 3.05) is 7.11 Å². The molecule has 2 aromatic heterocycles. The van der Waals surface area contributed by atoms with E-state index in [9.17, 15) is 10.1 Å². The third-order valence-electron chi connectivity index (χ3n) is 2.29. The van der Waals surface area contributed by atoms with Crippen LogP contribution in [0.2, 0.25) is 0 Å². The maximum Gasteiger partial charge on any atom is 0.406 e. The van der Waals surface area contributed by atoms with E-state index in [0.29, 0.717) is 11.5 Å². The van der Waals surface area contributed by atoms with Crippen molar-refractivity contribution in [2.45, 2.75) is 13.5 Å². The van der Waals surface area contributed by atoms with Crippen LogP contribution >= 0.6 is 0 Å². The van der Waals surface area contributed by atoms with Gasteiger partial charge in [-0.25, -0.2) is 4.98 Å². The SMILES string of the molecule is COCc1nc(C)cc(Oc2cccnc2[N+](=O)[O-])n1. The van der Waals surface area contributed by atoms with Gasteiger partial charge in [-0.3, -0.25) is 0 Å². The Morgan fingerprint density at radius 1 is 1.40 bits per heavy atom. The number of methoxy groups -OCH3 is 1. The highest BCUT2D eigenvalue weighted by Gasteiger charge is 2.17. The van der Waals surface area contributed by atoms with Crippen molar-refractivity contribution < 1.29 is 14.4 Å². The van der Waals surface area contributed by atoms with Crippen LogP contribution in [0.3, 0.4) is 0 Å². The minimum atomic E-state index is -0.612. The Kier molecular flexibility index (Phi) is 4.16. The van der Waals surface area contributed by atoms with Gasteiger partial charge < -0.3 is 19.6 Å². The van der Waals surface area contributed by atoms with Crippen LogP contribution in [0.15, 0.2) is 24.4 Å². The van der Waals surface area contributed by atoms with Crippen LogP contribution in [-0.4, -0.2) is 27.0 Å². The number of aryl methyl sites for hydroxylation is 1. The highest BCUT2D eigenvalue weighted by Crippen LogP contribution is 2.27. The molecule has 0 atom stereocenters. The molecule has 0 saturated heterocycles. The number of pyridine rings is 1. The molecule has 0 unspecified atom stereocenters. The monoisotopic (exact) mass is 276 g/mol. The zero-order valence-electron chi connectivity index (χ0n) is 10.9. The van der Waals surface area contributed by atoms with Crippen LogP contribution in [0.1, 0.15) is 11.5 Å². The lowest BCUT2D eigenvalue weighted by atomic mass is 10.4. The Morgan fingerprint density at radius 3 is 2.90 bits per heavy atom. The summed E-state index contributed by atoms with van der Waals surface area (Å²) in [5, 5.41) is 10.9. The molecule has 0 aliphatic rings. The molecule has 8 heteroatoms. The first-order valence-electron chi connectivity index (χ1n) is 5.71. The summed E-state index contributed by atoms with van der Waals surface area (Å²) in [6, 6.07) is 4.58. The van der Waals surface area contributed by atoms with E-state index in [1.54, 1.807) is 19.1 Å². The maximum atomic E-state index is 10.9. The average molecular weight is 276 g/mol. The van der Waals surface area contributed by atoms with Crippen molar-refractivity contribution >= 4 is 5.82 Å². The van der Waals surface area contributed by atoms with Gasteiger partial charge in [0.25, 0.3) is 0 Å². The van der Waals surface area contributed by atoms with Gasteiger partial charge in [0.05, 0.1) is 0 Å². The largest absolute Gasteiger partial charge is 0.430 e. The van der Waals surface area contributed by atoms with Crippen LogP contribution in [0.4, 0.5) is 5.82 Å². The Morgan fingerprint density at radius 2 is 2.20 bits per heavy atom. The summed E-state index contributed by atoms with van der Waals surface area (Å²) < 4.78 is 10.4. The van der Waals surface area contributed by atoms with Crippen LogP contribution in [-0.2, 0) is 11.3 Å². The molecular formula is C12H12N4O4. The van der Waals surface area contributed by atoms with Crippen molar-refractivity contribution in [3.8, 4) is 11.6 Å². The molecule has 0 fully saturated rings. The maximum absolute atomic E-state index is 10.9. The summed E-state index contributed by atoms with van der Waals surface area (Å²) in [4.78, 5) is 22.2. The predicted molar refractivity (Wildman–Crippen MR) is 68.4 cm³/mol. The number of rotatable bonds is 5. The van der Waals surface area contributed by atoms with Gasteiger partial charge in [0.2, 0.25) is 11.6 Å². The second kappa shape index (κ2) is 6.02. The molecule has 0 amide bonds. The molecule has 0 aliphatic heterocycles. The number of ether oxygens (including phenoxy) is 2. The summed E-state index contributed by atoms with van der Waals surface area (Å²) in [5.41, 5.74) is 0.675. The summed E-state index contributed by atoms with van der Waals surface area (Å²) in [7, 11) is 1.53. The summed E-state index contributed by atoms with van der Waals surface area (Å²) in [6.07, 6.45) is 1.33. The van der Waals surface area contributed by atoms with Crippen LogP contribution in [0.5, 0.6) is 11.6 Å². The fourth-order valence-corrected chi connectivity index (χ4v) is 1.56. The lowest BCUT2D eigenvalue weighted by Crippen LogP contribution is -2.02. The van der Waals surface area contributed by atoms with Crippen molar-refractivity contribution in [3.63, 3.8) is 0 Å². The standard InChI is InChI=1S/C12H12N4O4/c1-8-6-11(15-10(14-8)7-19-2)20-9-4-3-5-13-12(9)16(17)18/h3-6H,7H2,1-2H3. The van der Waals surface area contributed by atoms with E-state index in [1.165, 1.54) is 19.4 Å². The number of hydrogen-bond acceptors (Lipinski definition) is 7. The zero-order chi connectivity index (χ0) is 14.5. The molecule has 0 N–H and O–H groups in total. The van der Waals surface area contributed by atoms with Crippen LogP contribution < -0.4 is 4.74 Å². The van der Waals surface area contributed by atoms with Crippen LogP contribution in [0, 0.1) is 17.0 Å². The number of nitro groups is 1. The second-order valence-electron chi connectivity index (χ2n) is 3.88. The quantitative estimate of drug-likeness (QED) is 0.608. The van der Waals surface area contributed by atoms with E-state index in [4.69, 9.17) is 9.47 Å². The molecule has 8 nitrogen and oxygen atoms in total. The van der Waals surface area contributed by atoms with E-state index in [-0.39, 0.29) is 24.1 Å². The summed E-state index contributed by atoms with van der Waals surface area (Å²) in [5.74, 6) is 0.311.